The number of ether oxygens (including phenoxy) is 1. The fourth-order valence-electron chi connectivity index (χ4n) is 2.69. The van der Waals surface area contributed by atoms with Crippen molar-refractivity contribution < 1.29 is 14.3 Å². The van der Waals surface area contributed by atoms with Gasteiger partial charge in [-0.15, -0.1) is 0 Å². The summed E-state index contributed by atoms with van der Waals surface area (Å²) in [4.78, 5) is 25.5. The first kappa shape index (κ1) is 14.3. The smallest absolute Gasteiger partial charge is 0.224 e. The number of carbonyl (C=O) groups is 2. The van der Waals surface area contributed by atoms with Gasteiger partial charge in [-0.2, -0.15) is 0 Å². The molecule has 1 unspecified atom stereocenters. The van der Waals surface area contributed by atoms with Gasteiger partial charge < -0.3 is 20.3 Å². The van der Waals surface area contributed by atoms with Gasteiger partial charge in [-0.3, -0.25) is 9.59 Å². The lowest BCUT2D eigenvalue weighted by Gasteiger charge is -2.33. The lowest BCUT2D eigenvalue weighted by molar-refractivity contribution is -0.136. The monoisotopic (exact) mass is 269 g/mol. The van der Waals surface area contributed by atoms with Gasteiger partial charge in [-0.25, -0.2) is 0 Å². The second kappa shape index (κ2) is 6.86. The van der Waals surface area contributed by atoms with E-state index in [9.17, 15) is 9.59 Å². The van der Waals surface area contributed by atoms with Crippen LogP contribution in [0.1, 0.15) is 19.3 Å². The topological polar surface area (TPSA) is 70.7 Å². The van der Waals surface area contributed by atoms with Crippen molar-refractivity contribution in [3.05, 3.63) is 0 Å². The molecule has 2 saturated heterocycles. The number of amides is 2. The number of hydrogen-bond donors (Lipinski definition) is 2. The third kappa shape index (κ3) is 3.91. The number of likely N-dealkylation sites (tertiary alicyclic amines) is 1. The van der Waals surface area contributed by atoms with E-state index in [1.165, 1.54) is 0 Å². The van der Waals surface area contributed by atoms with Gasteiger partial charge in [-0.1, -0.05) is 0 Å². The van der Waals surface area contributed by atoms with E-state index in [0.29, 0.717) is 26.1 Å². The van der Waals surface area contributed by atoms with Gasteiger partial charge in [0.25, 0.3) is 0 Å². The lowest BCUT2D eigenvalue weighted by Crippen LogP contribution is -2.47. The molecular formula is C13H23N3O3. The van der Waals surface area contributed by atoms with Crippen LogP contribution >= 0.6 is 0 Å². The summed E-state index contributed by atoms with van der Waals surface area (Å²) in [5, 5.41) is 5.96. The second-order valence-electron chi connectivity index (χ2n) is 5.20. The number of piperidine rings is 1. The Bertz CT molecular complexity index is 321. The van der Waals surface area contributed by atoms with E-state index < -0.39 is 0 Å². The molecule has 2 amide bonds. The zero-order valence-electron chi connectivity index (χ0n) is 11.5. The van der Waals surface area contributed by atoms with Crippen LogP contribution in [0.4, 0.5) is 0 Å². The first-order valence-electron chi connectivity index (χ1n) is 7.01. The maximum Gasteiger partial charge on any atom is 0.224 e. The predicted octanol–water partition coefficient (Wildman–Crippen LogP) is -0.650. The normalized spacial score (nSPS) is 25.1. The Morgan fingerprint density at radius 1 is 1.37 bits per heavy atom. The van der Waals surface area contributed by atoms with Crippen molar-refractivity contribution in [2.75, 3.05) is 39.9 Å². The SMILES string of the molecule is CNC(=O)C1CCN(C(=O)CC2COCCN2)CC1. The van der Waals surface area contributed by atoms with Gasteiger partial charge in [0.15, 0.2) is 0 Å². The molecule has 2 rings (SSSR count). The molecule has 2 aliphatic rings. The Balaban J connectivity index is 1.74. The third-order valence-corrected chi connectivity index (χ3v) is 3.88. The van der Waals surface area contributed by atoms with Crippen LogP contribution in [0.15, 0.2) is 0 Å². The molecule has 0 aliphatic carbocycles. The highest BCUT2D eigenvalue weighted by atomic mass is 16.5. The summed E-state index contributed by atoms with van der Waals surface area (Å²) in [7, 11) is 1.66. The van der Waals surface area contributed by atoms with E-state index in [-0.39, 0.29) is 23.8 Å². The highest BCUT2D eigenvalue weighted by Gasteiger charge is 2.28. The first-order chi connectivity index (χ1) is 9.20. The van der Waals surface area contributed by atoms with Crippen molar-refractivity contribution in [3.63, 3.8) is 0 Å². The number of nitrogens with one attached hydrogen (secondary N) is 2. The Labute approximate surface area is 113 Å². The zero-order valence-corrected chi connectivity index (χ0v) is 11.5. The van der Waals surface area contributed by atoms with Crippen LogP contribution in [-0.4, -0.2) is 62.7 Å². The van der Waals surface area contributed by atoms with Crippen LogP contribution in [0.2, 0.25) is 0 Å². The Morgan fingerprint density at radius 3 is 2.68 bits per heavy atom. The maximum atomic E-state index is 12.1. The molecule has 0 aromatic heterocycles. The van der Waals surface area contributed by atoms with Crippen molar-refractivity contribution in [2.45, 2.75) is 25.3 Å². The minimum absolute atomic E-state index is 0.0604. The van der Waals surface area contributed by atoms with Crippen LogP contribution < -0.4 is 10.6 Å². The van der Waals surface area contributed by atoms with Crippen LogP contribution in [0.5, 0.6) is 0 Å². The summed E-state index contributed by atoms with van der Waals surface area (Å²) in [6, 6.07) is 0.137. The van der Waals surface area contributed by atoms with Crippen molar-refractivity contribution in [1.82, 2.24) is 15.5 Å². The summed E-state index contributed by atoms with van der Waals surface area (Å²) < 4.78 is 5.35. The standard InChI is InChI=1S/C13H23N3O3/c1-14-13(18)10-2-5-16(6-3-10)12(17)8-11-9-19-7-4-15-11/h10-11,15H,2-9H2,1H3,(H,14,18). The molecule has 19 heavy (non-hydrogen) atoms. The molecule has 6 nitrogen and oxygen atoms in total. The van der Waals surface area contributed by atoms with Gasteiger partial charge in [0, 0.05) is 45.1 Å². The molecule has 1 atom stereocenters. The van der Waals surface area contributed by atoms with Gasteiger partial charge >= 0.3 is 0 Å². The number of morpholine rings is 1. The number of rotatable bonds is 3. The Hall–Kier alpha value is -1.14. The summed E-state index contributed by atoms with van der Waals surface area (Å²) in [5.41, 5.74) is 0. The molecule has 108 valence electrons. The van der Waals surface area contributed by atoms with Gasteiger partial charge in [0.2, 0.25) is 11.8 Å². The quantitative estimate of drug-likeness (QED) is 0.714. The van der Waals surface area contributed by atoms with Crippen LogP contribution in [0, 0.1) is 5.92 Å². The minimum Gasteiger partial charge on any atom is -0.378 e. The fraction of sp³-hybridized carbons (Fsp3) is 0.846. The highest BCUT2D eigenvalue weighted by molar-refractivity contribution is 5.80. The number of hydrogen-bond acceptors (Lipinski definition) is 4. The molecule has 6 heteroatoms. The second-order valence-corrected chi connectivity index (χ2v) is 5.20. The molecule has 0 aromatic carbocycles. The predicted molar refractivity (Wildman–Crippen MR) is 70.6 cm³/mol. The highest BCUT2D eigenvalue weighted by Crippen LogP contribution is 2.18. The average molecular weight is 269 g/mol. The van der Waals surface area contributed by atoms with Crippen molar-refractivity contribution in [2.24, 2.45) is 5.92 Å². The van der Waals surface area contributed by atoms with Gasteiger partial charge in [-0.05, 0) is 12.8 Å². The number of carbonyl (C=O) groups excluding carboxylic acids is 2. The molecule has 0 saturated carbocycles. The van der Waals surface area contributed by atoms with Crippen molar-refractivity contribution in [1.29, 1.82) is 0 Å². The molecule has 2 aliphatic heterocycles. The molecule has 0 aromatic rings. The molecule has 2 heterocycles. The van der Waals surface area contributed by atoms with E-state index in [2.05, 4.69) is 10.6 Å². The van der Waals surface area contributed by atoms with Crippen LogP contribution in [0.25, 0.3) is 0 Å². The van der Waals surface area contributed by atoms with Gasteiger partial charge in [0.05, 0.1) is 13.2 Å². The molecule has 0 radical (unpaired) electrons. The maximum absolute atomic E-state index is 12.1. The third-order valence-electron chi connectivity index (χ3n) is 3.88. The fourth-order valence-corrected chi connectivity index (χ4v) is 2.69. The lowest BCUT2D eigenvalue weighted by atomic mass is 9.95. The van der Waals surface area contributed by atoms with E-state index in [0.717, 1.165) is 26.0 Å². The van der Waals surface area contributed by atoms with Crippen molar-refractivity contribution in [3.8, 4) is 0 Å². The Kier molecular flexibility index (Phi) is 5.15. The first-order valence-corrected chi connectivity index (χ1v) is 7.01. The zero-order chi connectivity index (χ0) is 13.7. The molecule has 0 spiro atoms. The number of nitrogens with zero attached hydrogens (tertiary/aromatic N) is 1. The molecule has 2 N–H and O–H groups in total. The van der Waals surface area contributed by atoms with Crippen LogP contribution in [0.3, 0.4) is 0 Å². The molecule has 0 bridgehead atoms. The molecular weight excluding hydrogens is 246 g/mol. The summed E-state index contributed by atoms with van der Waals surface area (Å²) >= 11 is 0. The largest absolute Gasteiger partial charge is 0.378 e. The van der Waals surface area contributed by atoms with Crippen LogP contribution in [-0.2, 0) is 14.3 Å². The summed E-state index contributed by atoms with van der Waals surface area (Å²) in [5.74, 6) is 0.318. The summed E-state index contributed by atoms with van der Waals surface area (Å²) in [6.07, 6.45) is 2.02. The van der Waals surface area contributed by atoms with Crippen molar-refractivity contribution >= 4 is 11.8 Å². The molecule has 2 fully saturated rings. The average Bonchev–Trinajstić information content (AvgIpc) is 2.47. The summed E-state index contributed by atoms with van der Waals surface area (Å²) in [6.45, 7) is 3.52. The van der Waals surface area contributed by atoms with E-state index in [1.807, 2.05) is 4.90 Å². The van der Waals surface area contributed by atoms with E-state index >= 15 is 0 Å². The van der Waals surface area contributed by atoms with E-state index in [4.69, 9.17) is 4.74 Å². The Morgan fingerprint density at radius 2 is 2.11 bits per heavy atom. The minimum atomic E-state index is 0.0604. The van der Waals surface area contributed by atoms with Gasteiger partial charge in [0.1, 0.15) is 0 Å². The van der Waals surface area contributed by atoms with E-state index in [1.54, 1.807) is 7.05 Å².